The summed E-state index contributed by atoms with van der Waals surface area (Å²) in [6.45, 7) is 3.83. The van der Waals surface area contributed by atoms with Gasteiger partial charge in [-0.05, 0) is 53.4 Å². The van der Waals surface area contributed by atoms with Gasteiger partial charge < -0.3 is 0 Å². The largest absolute Gasteiger partial charge is 0.436 e. The first kappa shape index (κ1) is 21.9. The lowest BCUT2D eigenvalue weighted by Gasteiger charge is -2.08. The SMILES string of the molecule is CCCc1ccc(S(=O)(=O)NCCCn2nc(C(F)(F)F)c(Br)c2C)cc1. The van der Waals surface area contributed by atoms with Crippen molar-refractivity contribution in [1.82, 2.24) is 14.5 Å². The van der Waals surface area contributed by atoms with Gasteiger partial charge in [-0.3, -0.25) is 4.68 Å². The molecule has 2 rings (SSSR count). The Morgan fingerprint density at radius 1 is 1.22 bits per heavy atom. The minimum atomic E-state index is -4.54. The molecule has 0 fully saturated rings. The van der Waals surface area contributed by atoms with E-state index in [1.54, 1.807) is 24.3 Å². The van der Waals surface area contributed by atoms with Crippen molar-refractivity contribution in [2.45, 2.75) is 50.7 Å². The molecule has 5 nitrogen and oxygen atoms in total. The Kier molecular flexibility index (Phi) is 7.09. The van der Waals surface area contributed by atoms with Crippen LogP contribution in [0.4, 0.5) is 13.2 Å². The number of hydrogen-bond donors (Lipinski definition) is 1. The third-order valence-corrected chi connectivity index (χ3v) is 6.44. The van der Waals surface area contributed by atoms with Crippen LogP contribution >= 0.6 is 15.9 Å². The van der Waals surface area contributed by atoms with Crippen molar-refractivity contribution in [3.8, 4) is 0 Å². The minimum absolute atomic E-state index is 0.0946. The average molecular weight is 468 g/mol. The van der Waals surface area contributed by atoms with Crippen molar-refractivity contribution in [1.29, 1.82) is 0 Å². The van der Waals surface area contributed by atoms with Gasteiger partial charge in [-0.1, -0.05) is 25.5 Å². The van der Waals surface area contributed by atoms with Gasteiger partial charge in [0.1, 0.15) is 0 Å². The summed E-state index contributed by atoms with van der Waals surface area (Å²) >= 11 is 2.91. The zero-order valence-electron chi connectivity index (χ0n) is 15.0. The molecule has 0 radical (unpaired) electrons. The van der Waals surface area contributed by atoms with E-state index in [2.05, 4.69) is 25.8 Å². The first-order chi connectivity index (χ1) is 12.6. The highest BCUT2D eigenvalue weighted by atomic mass is 79.9. The molecule has 10 heteroatoms. The van der Waals surface area contributed by atoms with Crippen LogP contribution in [0.25, 0.3) is 0 Å². The van der Waals surface area contributed by atoms with Gasteiger partial charge in [0.2, 0.25) is 10.0 Å². The molecule has 0 bridgehead atoms. The van der Waals surface area contributed by atoms with Crippen LogP contribution in [0.1, 0.15) is 36.7 Å². The van der Waals surface area contributed by atoms with E-state index < -0.39 is 21.9 Å². The molecule has 0 amide bonds. The van der Waals surface area contributed by atoms with Crippen LogP contribution in [0.5, 0.6) is 0 Å². The van der Waals surface area contributed by atoms with Gasteiger partial charge in [0.25, 0.3) is 0 Å². The van der Waals surface area contributed by atoms with E-state index in [9.17, 15) is 21.6 Å². The van der Waals surface area contributed by atoms with E-state index in [0.29, 0.717) is 12.1 Å². The average Bonchev–Trinajstić information content (AvgIpc) is 2.88. The Bertz CT molecular complexity index is 878. The second kappa shape index (κ2) is 8.74. The van der Waals surface area contributed by atoms with Crippen molar-refractivity contribution >= 4 is 26.0 Å². The molecular formula is C17H21BrF3N3O2S. The van der Waals surface area contributed by atoms with Crippen LogP contribution in [0.3, 0.4) is 0 Å². The molecule has 27 heavy (non-hydrogen) atoms. The topological polar surface area (TPSA) is 64.0 Å². The van der Waals surface area contributed by atoms with Gasteiger partial charge in [0, 0.05) is 13.1 Å². The molecule has 0 aliphatic heterocycles. The first-order valence-corrected chi connectivity index (χ1v) is 10.7. The minimum Gasteiger partial charge on any atom is -0.268 e. The monoisotopic (exact) mass is 467 g/mol. The van der Waals surface area contributed by atoms with E-state index in [-0.39, 0.29) is 22.5 Å². The molecule has 0 spiro atoms. The van der Waals surface area contributed by atoms with Crippen LogP contribution in [0.15, 0.2) is 33.6 Å². The predicted molar refractivity (Wildman–Crippen MR) is 99.9 cm³/mol. The van der Waals surface area contributed by atoms with Crippen LogP contribution < -0.4 is 4.72 Å². The number of nitrogens with one attached hydrogen (secondary N) is 1. The van der Waals surface area contributed by atoms with E-state index in [1.807, 2.05) is 6.92 Å². The Labute approximate surface area is 165 Å². The lowest BCUT2D eigenvalue weighted by molar-refractivity contribution is -0.142. The quantitative estimate of drug-likeness (QED) is 0.588. The van der Waals surface area contributed by atoms with Gasteiger partial charge in [-0.15, -0.1) is 0 Å². The Balaban J connectivity index is 1.94. The molecule has 1 aromatic heterocycles. The third kappa shape index (κ3) is 5.55. The Morgan fingerprint density at radius 3 is 2.37 bits per heavy atom. The summed E-state index contributed by atoms with van der Waals surface area (Å²) in [6, 6.07) is 6.66. The number of aryl methyl sites for hydroxylation is 2. The van der Waals surface area contributed by atoms with Crippen LogP contribution in [-0.4, -0.2) is 24.7 Å². The van der Waals surface area contributed by atoms with Gasteiger partial charge >= 0.3 is 6.18 Å². The fourth-order valence-corrected chi connectivity index (χ4v) is 4.15. The number of benzene rings is 1. The van der Waals surface area contributed by atoms with Crippen molar-refractivity contribution in [2.75, 3.05) is 6.54 Å². The zero-order valence-corrected chi connectivity index (χ0v) is 17.4. The highest BCUT2D eigenvalue weighted by Gasteiger charge is 2.37. The first-order valence-electron chi connectivity index (χ1n) is 8.45. The van der Waals surface area contributed by atoms with Crippen LogP contribution in [0, 0.1) is 6.92 Å². The molecule has 1 heterocycles. The zero-order chi connectivity index (χ0) is 20.2. The fraction of sp³-hybridized carbons (Fsp3) is 0.471. The number of sulfonamides is 1. The number of nitrogens with zero attached hydrogens (tertiary/aromatic N) is 2. The summed E-state index contributed by atoms with van der Waals surface area (Å²) in [5.41, 5.74) is 0.432. The van der Waals surface area contributed by atoms with E-state index >= 15 is 0 Å². The van der Waals surface area contributed by atoms with Gasteiger partial charge in [-0.2, -0.15) is 18.3 Å². The maximum atomic E-state index is 12.9. The highest BCUT2D eigenvalue weighted by Crippen LogP contribution is 2.35. The molecule has 0 aliphatic carbocycles. The molecule has 0 atom stereocenters. The van der Waals surface area contributed by atoms with E-state index in [4.69, 9.17) is 0 Å². The maximum absolute atomic E-state index is 12.9. The lowest BCUT2D eigenvalue weighted by Crippen LogP contribution is -2.25. The number of halogens is 4. The Morgan fingerprint density at radius 2 is 1.85 bits per heavy atom. The molecular weight excluding hydrogens is 447 g/mol. The Hall–Kier alpha value is -1.39. The molecule has 0 saturated carbocycles. The van der Waals surface area contributed by atoms with Crippen LogP contribution in [0.2, 0.25) is 0 Å². The third-order valence-electron chi connectivity index (χ3n) is 4.01. The van der Waals surface area contributed by atoms with Crippen molar-refractivity contribution in [2.24, 2.45) is 0 Å². The summed E-state index contributed by atoms with van der Waals surface area (Å²) in [7, 11) is -3.65. The van der Waals surface area contributed by atoms with E-state index in [0.717, 1.165) is 18.4 Å². The molecule has 0 unspecified atom stereocenters. The van der Waals surface area contributed by atoms with Gasteiger partial charge in [0.15, 0.2) is 5.69 Å². The molecule has 150 valence electrons. The molecule has 0 aliphatic rings. The van der Waals surface area contributed by atoms with E-state index in [1.165, 1.54) is 11.6 Å². The lowest BCUT2D eigenvalue weighted by atomic mass is 10.1. The van der Waals surface area contributed by atoms with Crippen molar-refractivity contribution < 1.29 is 21.6 Å². The summed E-state index contributed by atoms with van der Waals surface area (Å²) < 4.78 is 66.7. The number of alkyl halides is 3. The van der Waals surface area contributed by atoms with Gasteiger partial charge in [0.05, 0.1) is 15.1 Å². The smallest absolute Gasteiger partial charge is 0.268 e. The highest BCUT2D eigenvalue weighted by molar-refractivity contribution is 9.10. The molecule has 0 saturated heterocycles. The van der Waals surface area contributed by atoms with Crippen molar-refractivity contribution in [3.05, 3.63) is 45.7 Å². The summed E-state index contributed by atoms with van der Waals surface area (Å²) in [5.74, 6) is 0. The number of rotatable bonds is 8. The summed E-state index contributed by atoms with van der Waals surface area (Å²) in [4.78, 5) is 0.166. The fourth-order valence-electron chi connectivity index (χ4n) is 2.57. The molecule has 2 aromatic rings. The predicted octanol–water partition coefficient (Wildman–Crippen LogP) is 4.29. The van der Waals surface area contributed by atoms with Crippen LogP contribution in [-0.2, 0) is 29.2 Å². The maximum Gasteiger partial charge on any atom is 0.436 e. The number of hydrogen-bond acceptors (Lipinski definition) is 3. The molecule has 1 aromatic carbocycles. The standard InChI is InChI=1S/C17H21BrF3N3O2S/c1-3-5-13-6-8-14(9-7-13)27(25,26)22-10-4-11-24-12(2)15(18)16(23-24)17(19,20)21/h6-9,22H,3-5,10-11H2,1-2H3. The second-order valence-electron chi connectivity index (χ2n) is 6.11. The van der Waals surface area contributed by atoms with Crippen molar-refractivity contribution in [3.63, 3.8) is 0 Å². The number of aromatic nitrogens is 2. The second-order valence-corrected chi connectivity index (χ2v) is 8.67. The molecule has 1 N–H and O–H groups in total. The van der Waals surface area contributed by atoms with Gasteiger partial charge in [-0.25, -0.2) is 13.1 Å². The normalized spacial score (nSPS) is 12.5. The summed E-state index contributed by atoms with van der Waals surface area (Å²) in [6.07, 6.45) is -2.38. The summed E-state index contributed by atoms with van der Waals surface area (Å²) in [5, 5.41) is 3.57.